The zero-order valence-electron chi connectivity index (χ0n) is 16.8. The number of benzene rings is 2. The number of nitrogens with one attached hydrogen (secondary N) is 1. The average Bonchev–Trinajstić information content (AvgIpc) is 2.71. The van der Waals surface area contributed by atoms with Crippen LogP contribution in [0.4, 0.5) is 11.4 Å². The van der Waals surface area contributed by atoms with Crippen LogP contribution in [-0.4, -0.2) is 15.7 Å². The molecule has 2 aromatic carbocycles. The number of pyridine rings is 1. The zero-order chi connectivity index (χ0) is 21.0. The van der Waals surface area contributed by atoms with Crippen molar-refractivity contribution in [3.8, 4) is 0 Å². The largest absolute Gasteiger partial charge is 0.358 e. The monoisotopic (exact) mass is 399 g/mol. The number of hydrogen-bond acceptors (Lipinski definition) is 5. The molecule has 6 nitrogen and oxygen atoms in total. The second-order valence-corrected chi connectivity index (χ2v) is 8.84. The van der Waals surface area contributed by atoms with Crippen LogP contribution in [0, 0.1) is 15.5 Å². The van der Waals surface area contributed by atoms with E-state index in [2.05, 4.69) is 24.1 Å². The van der Waals surface area contributed by atoms with Gasteiger partial charge in [-0.15, -0.1) is 0 Å². The second kappa shape index (κ2) is 6.49. The van der Waals surface area contributed by atoms with Gasteiger partial charge < -0.3 is 5.32 Å². The third-order valence-corrected chi connectivity index (χ3v) is 6.02. The fourth-order valence-electron chi connectivity index (χ4n) is 4.83. The summed E-state index contributed by atoms with van der Waals surface area (Å²) in [5.41, 5.74) is 5.00. The van der Waals surface area contributed by atoms with Crippen molar-refractivity contribution < 1.29 is 9.72 Å². The van der Waals surface area contributed by atoms with E-state index in [-0.39, 0.29) is 22.8 Å². The number of nitro groups is 1. The van der Waals surface area contributed by atoms with Gasteiger partial charge in [-0.25, -0.2) is 0 Å². The highest BCUT2D eigenvalue weighted by Crippen LogP contribution is 2.50. The van der Waals surface area contributed by atoms with Crippen molar-refractivity contribution >= 4 is 28.1 Å². The molecule has 1 aliphatic carbocycles. The molecule has 0 saturated heterocycles. The Morgan fingerprint density at radius 3 is 2.77 bits per heavy atom. The first-order valence-electron chi connectivity index (χ1n) is 9.99. The van der Waals surface area contributed by atoms with E-state index in [4.69, 9.17) is 0 Å². The number of carbonyl (C=O) groups excluding carboxylic acids is 1. The van der Waals surface area contributed by atoms with Crippen LogP contribution < -0.4 is 5.32 Å². The van der Waals surface area contributed by atoms with Gasteiger partial charge in [-0.1, -0.05) is 32.0 Å². The van der Waals surface area contributed by atoms with Crippen molar-refractivity contribution in [2.24, 2.45) is 5.41 Å². The fourth-order valence-corrected chi connectivity index (χ4v) is 4.83. The number of nitro benzene ring substituents is 1. The lowest BCUT2D eigenvalue weighted by atomic mass is 9.68. The Labute approximate surface area is 173 Å². The Kier molecular flexibility index (Phi) is 4.00. The molecule has 0 radical (unpaired) electrons. The van der Waals surface area contributed by atoms with Crippen LogP contribution in [0.3, 0.4) is 0 Å². The first kappa shape index (κ1) is 18.5. The lowest BCUT2D eigenvalue weighted by Gasteiger charge is -2.39. The number of Topliss-reactive ketones (excluding diaryl/α,β-unsaturated/α-hetero) is 1. The van der Waals surface area contributed by atoms with Crippen LogP contribution in [0.25, 0.3) is 10.9 Å². The molecule has 0 saturated carbocycles. The number of nitrogens with zero attached hydrogens (tertiary/aromatic N) is 2. The van der Waals surface area contributed by atoms with E-state index in [0.717, 1.165) is 45.4 Å². The van der Waals surface area contributed by atoms with Crippen molar-refractivity contribution in [3.63, 3.8) is 0 Å². The van der Waals surface area contributed by atoms with E-state index < -0.39 is 4.92 Å². The average molecular weight is 399 g/mol. The first-order valence-corrected chi connectivity index (χ1v) is 9.99. The molecule has 30 heavy (non-hydrogen) atoms. The highest BCUT2D eigenvalue weighted by molar-refractivity contribution is 6.04. The predicted octanol–water partition coefficient (Wildman–Crippen LogP) is 5.34. The Morgan fingerprint density at radius 2 is 1.97 bits per heavy atom. The minimum absolute atomic E-state index is 0.0247. The predicted molar refractivity (Wildman–Crippen MR) is 115 cm³/mol. The van der Waals surface area contributed by atoms with Crippen LogP contribution >= 0.6 is 0 Å². The maximum atomic E-state index is 13.3. The Morgan fingerprint density at radius 1 is 1.13 bits per heavy atom. The normalized spacial score (nSPS) is 19.8. The molecule has 1 aromatic heterocycles. The molecule has 3 aromatic rings. The number of rotatable bonds is 2. The molecule has 0 fully saturated rings. The lowest BCUT2D eigenvalue weighted by molar-refractivity contribution is -0.384. The Hall–Kier alpha value is -3.54. The Balaban J connectivity index is 1.82. The van der Waals surface area contributed by atoms with Gasteiger partial charge in [0, 0.05) is 53.0 Å². The van der Waals surface area contributed by atoms with E-state index in [1.165, 1.54) is 6.07 Å². The van der Waals surface area contributed by atoms with E-state index in [1.807, 2.05) is 30.3 Å². The van der Waals surface area contributed by atoms with Crippen LogP contribution in [0.5, 0.6) is 0 Å². The first-order chi connectivity index (χ1) is 14.3. The summed E-state index contributed by atoms with van der Waals surface area (Å²) in [6, 6.07) is 14.5. The molecule has 1 atom stereocenters. The van der Waals surface area contributed by atoms with E-state index in [0.29, 0.717) is 6.42 Å². The summed E-state index contributed by atoms with van der Waals surface area (Å²) in [4.78, 5) is 28.9. The number of aromatic nitrogens is 1. The van der Waals surface area contributed by atoms with Gasteiger partial charge in [0.05, 0.1) is 10.4 Å². The second-order valence-electron chi connectivity index (χ2n) is 8.84. The standard InChI is InChI=1S/C24H21N3O3/c1-24(2)12-19-23(20(28)13-24)21(14-5-3-6-15(11-14)27(29)30)22-16-7-4-10-25-17(16)8-9-18(22)26-19/h3-11,21,26H,12-13H2,1-2H3/t21-/m1/s1. The summed E-state index contributed by atoms with van der Waals surface area (Å²) >= 11 is 0. The van der Waals surface area contributed by atoms with Crippen molar-refractivity contribution in [1.82, 2.24) is 4.98 Å². The molecule has 0 amide bonds. The summed E-state index contributed by atoms with van der Waals surface area (Å²) in [5, 5.41) is 15.9. The number of carbonyl (C=O) groups is 1. The van der Waals surface area contributed by atoms with Gasteiger partial charge in [-0.3, -0.25) is 19.9 Å². The van der Waals surface area contributed by atoms with Gasteiger partial charge in [-0.05, 0) is 41.2 Å². The molecule has 5 rings (SSSR count). The van der Waals surface area contributed by atoms with Crippen molar-refractivity contribution in [3.05, 3.63) is 87.2 Å². The maximum absolute atomic E-state index is 13.3. The molecule has 0 bridgehead atoms. The molecule has 0 unspecified atom stereocenters. The minimum atomic E-state index is -0.392. The van der Waals surface area contributed by atoms with Crippen LogP contribution in [-0.2, 0) is 4.79 Å². The SMILES string of the molecule is CC1(C)CC(=O)C2=C(C1)Nc1ccc3ncccc3c1[C@H]2c1cccc([N+](=O)[O-])c1. The molecule has 150 valence electrons. The van der Waals surface area contributed by atoms with Gasteiger partial charge in [0.15, 0.2) is 5.78 Å². The van der Waals surface area contributed by atoms with Gasteiger partial charge in [0.25, 0.3) is 5.69 Å². The number of ketones is 1. The fraction of sp³-hybridized carbons (Fsp3) is 0.250. The summed E-state index contributed by atoms with van der Waals surface area (Å²) in [6.45, 7) is 4.19. The number of allylic oxidation sites excluding steroid dienone is 2. The summed E-state index contributed by atoms with van der Waals surface area (Å²) < 4.78 is 0. The topological polar surface area (TPSA) is 85.1 Å². The summed E-state index contributed by atoms with van der Waals surface area (Å²) in [7, 11) is 0. The quantitative estimate of drug-likeness (QED) is 0.464. The molecule has 1 aliphatic heterocycles. The van der Waals surface area contributed by atoms with Crippen molar-refractivity contribution in [2.45, 2.75) is 32.6 Å². The third-order valence-electron chi connectivity index (χ3n) is 6.02. The highest BCUT2D eigenvalue weighted by Gasteiger charge is 2.41. The van der Waals surface area contributed by atoms with E-state index in [9.17, 15) is 14.9 Å². The molecular formula is C24H21N3O3. The maximum Gasteiger partial charge on any atom is 0.269 e. The smallest absolute Gasteiger partial charge is 0.269 e. The number of fused-ring (bicyclic) bond motifs is 3. The van der Waals surface area contributed by atoms with Gasteiger partial charge >= 0.3 is 0 Å². The molecular weight excluding hydrogens is 378 g/mol. The number of anilines is 1. The van der Waals surface area contributed by atoms with Gasteiger partial charge in [-0.2, -0.15) is 0 Å². The third kappa shape index (κ3) is 2.87. The van der Waals surface area contributed by atoms with Crippen LogP contribution in [0.1, 0.15) is 43.7 Å². The van der Waals surface area contributed by atoms with Crippen LogP contribution in [0.15, 0.2) is 66.0 Å². The van der Waals surface area contributed by atoms with E-state index in [1.54, 1.807) is 18.3 Å². The van der Waals surface area contributed by atoms with Crippen LogP contribution in [0.2, 0.25) is 0 Å². The number of hydrogen-bond donors (Lipinski definition) is 1. The minimum Gasteiger partial charge on any atom is -0.358 e. The van der Waals surface area contributed by atoms with Crippen molar-refractivity contribution in [1.29, 1.82) is 0 Å². The molecule has 0 spiro atoms. The molecule has 2 heterocycles. The van der Waals surface area contributed by atoms with Crippen molar-refractivity contribution in [2.75, 3.05) is 5.32 Å². The Bertz CT molecular complexity index is 1260. The summed E-state index contributed by atoms with van der Waals surface area (Å²) in [6.07, 6.45) is 2.95. The molecule has 1 N–H and O–H groups in total. The van der Waals surface area contributed by atoms with Gasteiger partial charge in [0.2, 0.25) is 0 Å². The van der Waals surface area contributed by atoms with Gasteiger partial charge in [0.1, 0.15) is 0 Å². The lowest BCUT2D eigenvalue weighted by Crippen LogP contribution is -2.33. The molecule has 2 aliphatic rings. The highest BCUT2D eigenvalue weighted by atomic mass is 16.6. The van der Waals surface area contributed by atoms with E-state index >= 15 is 0 Å². The number of non-ortho nitro benzene ring substituents is 1. The zero-order valence-corrected chi connectivity index (χ0v) is 16.8. The summed E-state index contributed by atoms with van der Waals surface area (Å²) in [5.74, 6) is -0.274. The molecule has 6 heteroatoms.